The van der Waals surface area contributed by atoms with Crippen LogP contribution in [0, 0.1) is 17.8 Å². The lowest BCUT2D eigenvalue weighted by atomic mass is 9.75. The molecule has 0 amide bonds. The number of allylic oxidation sites excluding steroid dienone is 3. The largest absolute Gasteiger partial charge is 0.363 e. The summed E-state index contributed by atoms with van der Waals surface area (Å²) in [6, 6.07) is 0. The topological polar surface area (TPSA) is 12.0 Å². The summed E-state index contributed by atoms with van der Waals surface area (Å²) in [6.45, 7) is 11.0. The zero-order valence-electron chi connectivity index (χ0n) is 9.56. The van der Waals surface area contributed by atoms with E-state index in [2.05, 4.69) is 32.7 Å². The van der Waals surface area contributed by atoms with Gasteiger partial charge in [-0.25, -0.2) is 0 Å². The van der Waals surface area contributed by atoms with Crippen LogP contribution in [0.5, 0.6) is 0 Å². The zero-order chi connectivity index (χ0) is 10.3. The van der Waals surface area contributed by atoms with Gasteiger partial charge in [0.2, 0.25) is 0 Å². The van der Waals surface area contributed by atoms with E-state index in [-0.39, 0.29) is 0 Å². The fourth-order valence-electron chi connectivity index (χ4n) is 2.24. The van der Waals surface area contributed by atoms with Gasteiger partial charge in [-0.3, -0.25) is 0 Å². The quantitative estimate of drug-likeness (QED) is 0.717. The molecule has 2 rings (SSSR count). The summed E-state index contributed by atoms with van der Waals surface area (Å²) >= 11 is 0. The molecule has 1 fully saturated rings. The van der Waals surface area contributed by atoms with Gasteiger partial charge in [-0.2, -0.15) is 0 Å². The average molecular weight is 191 g/mol. The molecule has 0 aliphatic heterocycles. The number of rotatable bonds is 4. The molecule has 1 heteroatoms. The summed E-state index contributed by atoms with van der Waals surface area (Å²) in [7, 11) is 0. The first-order chi connectivity index (χ1) is 6.59. The van der Waals surface area contributed by atoms with Crippen molar-refractivity contribution in [2.75, 3.05) is 0 Å². The summed E-state index contributed by atoms with van der Waals surface area (Å²) in [5.74, 6) is 2.37. The van der Waals surface area contributed by atoms with Crippen molar-refractivity contribution >= 4 is 0 Å². The monoisotopic (exact) mass is 191 g/mol. The van der Waals surface area contributed by atoms with Gasteiger partial charge in [-0.05, 0) is 43.9 Å². The fourth-order valence-corrected chi connectivity index (χ4v) is 2.24. The second-order valence-electron chi connectivity index (χ2n) is 5.14. The Kier molecular flexibility index (Phi) is 2.42. The van der Waals surface area contributed by atoms with Gasteiger partial charge in [0.25, 0.3) is 0 Å². The Morgan fingerprint density at radius 3 is 2.50 bits per heavy atom. The Morgan fingerprint density at radius 2 is 2.07 bits per heavy atom. The van der Waals surface area contributed by atoms with Gasteiger partial charge in [0.15, 0.2) is 0 Å². The van der Waals surface area contributed by atoms with Crippen LogP contribution in [0.25, 0.3) is 0 Å². The second kappa shape index (κ2) is 3.45. The maximum absolute atomic E-state index is 4.10. The molecule has 1 unspecified atom stereocenters. The van der Waals surface area contributed by atoms with E-state index in [9.17, 15) is 0 Å². The van der Waals surface area contributed by atoms with E-state index in [4.69, 9.17) is 0 Å². The molecule has 0 aromatic carbocycles. The summed E-state index contributed by atoms with van der Waals surface area (Å²) < 4.78 is 0. The summed E-state index contributed by atoms with van der Waals surface area (Å²) in [5.41, 5.74) is 4.25. The van der Waals surface area contributed by atoms with Crippen molar-refractivity contribution < 1.29 is 0 Å². The van der Waals surface area contributed by atoms with Crippen molar-refractivity contribution in [1.82, 2.24) is 5.32 Å². The zero-order valence-corrected chi connectivity index (χ0v) is 9.56. The van der Waals surface area contributed by atoms with Crippen LogP contribution in [0.15, 0.2) is 23.5 Å². The van der Waals surface area contributed by atoms with Crippen LogP contribution in [-0.4, -0.2) is 0 Å². The highest BCUT2D eigenvalue weighted by Gasteiger charge is 2.31. The third-order valence-electron chi connectivity index (χ3n) is 3.64. The van der Waals surface area contributed by atoms with Crippen molar-refractivity contribution in [3.8, 4) is 0 Å². The maximum Gasteiger partial charge on any atom is 0.0146 e. The lowest BCUT2D eigenvalue weighted by Crippen LogP contribution is -2.30. The Balaban J connectivity index is 1.91. The number of hydrogen-bond donors (Lipinski definition) is 1. The maximum atomic E-state index is 4.10. The molecule has 2 aliphatic rings. The predicted octanol–water partition coefficient (Wildman–Crippen LogP) is 3.45. The molecule has 78 valence electrons. The van der Waals surface area contributed by atoms with Crippen molar-refractivity contribution in [1.29, 1.82) is 0 Å². The first-order valence-electron chi connectivity index (χ1n) is 5.75. The van der Waals surface area contributed by atoms with E-state index in [1.165, 1.54) is 30.7 Å². The molecule has 0 radical (unpaired) electrons. The molecule has 1 saturated carbocycles. The molecule has 0 aromatic rings. The van der Waals surface area contributed by atoms with Crippen LogP contribution in [0.2, 0.25) is 0 Å². The number of hydrogen-bond acceptors (Lipinski definition) is 1. The van der Waals surface area contributed by atoms with Crippen molar-refractivity contribution in [3.05, 3.63) is 23.5 Å². The Hall–Kier alpha value is -0.720. The number of nitrogens with one attached hydrogen (secondary N) is 1. The van der Waals surface area contributed by atoms with Gasteiger partial charge in [0.1, 0.15) is 0 Å². The molecule has 1 atom stereocenters. The van der Waals surface area contributed by atoms with Crippen LogP contribution in [-0.2, 0) is 0 Å². The Labute approximate surface area is 87.3 Å². The van der Waals surface area contributed by atoms with Crippen LogP contribution in [0.1, 0.15) is 40.0 Å². The molecule has 1 N–H and O–H groups in total. The third kappa shape index (κ3) is 1.73. The van der Waals surface area contributed by atoms with E-state index in [1.54, 1.807) is 5.57 Å². The smallest absolute Gasteiger partial charge is 0.0146 e. The van der Waals surface area contributed by atoms with E-state index in [1.807, 2.05) is 0 Å². The summed E-state index contributed by atoms with van der Waals surface area (Å²) in [6.07, 6.45) is 3.91. The summed E-state index contributed by atoms with van der Waals surface area (Å²) in [4.78, 5) is 0. The van der Waals surface area contributed by atoms with Crippen molar-refractivity contribution in [2.45, 2.75) is 40.0 Å². The highest BCUT2D eigenvalue weighted by atomic mass is 14.9. The Morgan fingerprint density at radius 1 is 1.43 bits per heavy atom. The molecular weight excluding hydrogens is 170 g/mol. The fraction of sp³-hybridized carbons (Fsp3) is 0.692. The van der Waals surface area contributed by atoms with Crippen LogP contribution in [0.3, 0.4) is 0 Å². The molecule has 0 aromatic heterocycles. The lowest BCUT2D eigenvalue weighted by molar-refractivity contribution is 0.379. The van der Waals surface area contributed by atoms with Crippen molar-refractivity contribution in [3.63, 3.8) is 0 Å². The second-order valence-corrected chi connectivity index (χ2v) is 5.14. The van der Waals surface area contributed by atoms with Gasteiger partial charge >= 0.3 is 0 Å². The molecule has 0 spiro atoms. The molecule has 14 heavy (non-hydrogen) atoms. The highest BCUT2D eigenvalue weighted by molar-refractivity contribution is 5.29. The van der Waals surface area contributed by atoms with Crippen molar-refractivity contribution in [2.24, 2.45) is 17.8 Å². The lowest BCUT2D eigenvalue weighted by Gasteiger charge is -2.35. The molecule has 0 saturated heterocycles. The van der Waals surface area contributed by atoms with E-state index >= 15 is 0 Å². The van der Waals surface area contributed by atoms with Crippen LogP contribution >= 0.6 is 0 Å². The average Bonchev–Trinajstić information content (AvgIpc) is 2.92. The van der Waals surface area contributed by atoms with Crippen LogP contribution < -0.4 is 5.32 Å². The molecule has 2 aliphatic carbocycles. The normalized spacial score (nSPS) is 26.4. The minimum Gasteiger partial charge on any atom is -0.363 e. The van der Waals surface area contributed by atoms with Gasteiger partial charge in [-0.1, -0.05) is 26.0 Å². The minimum absolute atomic E-state index is 0.772. The highest BCUT2D eigenvalue weighted by Crippen LogP contribution is 2.40. The van der Waals surface area contributed by atoms with E-state index in [0.29, 0.717) is 0 Å². The van der Waals surface area contributed by atoms with E-state index in [0.717, 1.165) is 17.8 Å². The summed E-state index contributed by atoms with van der Waals surface area (Å²) in [5, 5.41) is 3.50. The molecule has 0 heterocycles. The molecule has 1 nitrogen and oxygen atoms in total. The first kappa shape index (κ1) is 9.82. The van der Waals surface area contributed by atoms with Gasteiger partial charge in [-0.15, -0.1) is 0 Å². The first-order valence-corrected chi connectivity index (χ1v) is 5.75. The molecular formula is C13H21N. The Bertz CT molecular complexity index is 282. The van der Waals surface area contributed by atoms with Gasteiger partial charge < -0.3 is 5.32 Å². The SMILES string of the molecule is C=C(NC1=C(C)C(C(C)C)C1)C1CC1. The minimum atomic E-state index is 0.772. The van der Waals surface area contributed by atoms with Gasteiger partial charge in [0.05, 0.1) is 0 Å². The standard InChI is InChI=1S/C13H21N/c1-8(2)12-7-13(9(12)3)14-10(4)11-5-6-11/h8,11-12,14H,4-7H2,1-3H3. The van der Waals surface area contributed by atoms with E-state index < -0.39 is 0 Å². The van der Waals surface area contributed by atoms with Gasteiger partial charge in [0, 0.05) is 11.4 Å². The van der Waals surface area contributed by atoms with Crippen LogP contribution in [0.4, 0.5) is 0 Å². The third-order valence-corrected chi connectivity index (χ3v) is 3.64. The molecule has 0 bridgehead atoms. The predicted molar refractivity (Wildman–Crippen MR) is 60.6 cm³/mol.